The zero-order chi connectivity index (χ0) is 13.4. The van der Waals surface area contributed by atoms with Gasteiger partial charge in [0.25, 0.3) is 0 Å². The molecule has 3 aromatic heterocycles. The van der Waals surface area contributed by atoms with E-state index in [4.69, 9.17) is 0 Å². The molecule has 7 heteroatoms. The largest absolute Gasteiger partial charge is 0.336 e. The number of anilines is 2. The molecule has 0 spiro atoms. The van der Waals surface area contributed by atoms with Crippen molar-refractivity contribution in [3.05, 3.63) is 24.4 Å². The summed E-state index contributed by atoms with van der Waals surface area (Å²) in [6.45, 7) is 6.09. The number of fused-ring (bicyclic) bond motifs is 1. The van der Waals surface area contributed by atoms with Gasteiger partial charge < -0.3 is 5.32 Å². The summed E-state index contributed by atoms with van der Waals surface area (Å²) in [6, 6.07) is 0.327. The third kappa shape index (κ3) is 2.03. The molecule has 3 rings (SSSR count). The summed E-state index contributed by atoms with van der Waals surface area (Å²) < 4.78 is 1.89. The maximum absolute atomic E-state index is 4.28. The van der Waals surface area contributed by atoms with E-state index in [0.29, 0.717) is 11.9 Å². The van der Waals surface area contributed by atoms with Crippen LogP contribution in [0.1, 0.15) is 25.6 Å². The fourth-order valence-electron chi connectivity index (χ4n) is 1.86. The Morgan fingerprint density at radius 2 is 2.11 bits per heavy atom. The van der Waals surface area contributed by atoms with Crippen molar-refractivity contribution in [2.45, 2.75) is 26.8 Å². The molecule has 0 amide bonds. The Morgan fingerprint density at radius 1 is 1.26 bits per heavy atom. The molecule has 0 unspecified atom stereocenters. The van der Waals surface area contributed by atoms with E-state index in [1.165, 1.54) is 6.33 Å². The number of aromatic amines is 1. The molecule has 0 bridgehead atoms. The van der Waals surface area contributed by atoms with Gasteiger partial charge in [-0.2, -0.15) is 10.2 Å². The van der Waals surface area contributed by atoms with Crippen molar-refractivity contribution in [3.63, 3.8) is 0 Å². The number of hydrogen-bond donors (Lipinski definition) is 2. The fourth-order valence-corrected chi connectivity index (χ4v) is 1.86. The number of H-pyrrole nitrogens is 1. The SMILES string of the molecule is Cc1[nH]nc2c(Nc3cnn(C(C)C)c3)ncnc12. The molecule has 0 saturated carbocycles. The first kappa shape index (κ1) is 11.6. The Bertz CT molecular complexity index is 710. The monoisotopic (exact) mass is 257 g/mol. The molecule has 0 fully saturated rings. The highest BCUT2D eigenvalue weighted by molar-refractivity contribution is 5.88. The Morgan fingerprint density at radius 3 is 2.84 bits per heavy atom. The Labute approximate surface area is 110 Å². The van der Waals surface area contributed by atoms with Crippen molar-refractivity contribution in [2.24, 2.45) is 0 Å². The molecule has 3 heterocycles. The minimum atomic E-state index is 0.327. The van der Waals surface area contributed by atoms with Crippen molar-refractivity contribution in [1.29, 1.82) is 0 Å². The first-order valence-electron chi connectivity index (χ1n) is 6.12. The average molecular weight is 257 g/mol. The van der Waals surface area contributed by atoms with E-state index in [-0.39, 0.29) is 0 Å². The lowest BCUT2D eigenvalue weighted by Crippen LogP contribution is -2.00. The van der Waals surface area contributed by atoms with E-state index in [1.807, 2.05) is 17.8 Å². The number of aromatic nitrogens is 6. The molecule has 7 nitrogen and oxygen atoms in total. The lowest BCUT2D eigenvalue weighted by Gasteiger charge is -2.04. The van der Waals surface area contributed by atoms with Gasteiger partial charge in [-0.25, -0.2) is 9.97 Å². The van der Waals surface area contributed by atoms with Crippen molar-refractivity contribution in [1.82, 2.24) is 29.9 Å². The maximum Gasteiger partial charge on any atom is 0.162 e. The van der Waals surface area contributed by atoms with Crippen LogP contribution in [0.15, 0.2) is 18.7 Å². The van der Waals surface area contributed by atoms with Crippen LogP contribution in [-0.2, 0) is 0 Å². The number of nitrogens with one attached hydrogen (secondary N) is 2. The second-order valence-electron chi connectivity index (χ2n) is 4.70. The molecule has 19 heavy (non-hydrogen) atoms. The van der Waals surface area contributed by atoms with E-state index < -0.39 is 0 Å². The topological polar surface area (TPSA) is 84.3 Å². The van der Waals surface area contributed by atoms with Gasteiger partial charge in [-0.15, -0.1) is 0 Å². The molecule has 0 atom stereocenters. The van der Waals surface area contributed by atoms with Gasteiger partial charge in [0.15, 0.2) is 11.3 Å². The van der Waals surface area contributed by atoms with E-state index in [1.54, 1.807) is 6.20 Å². The number of aryl methyl sites for hydroxylation is 1. The van der Waals surface area contributed by atoms with Crippen LogP contribution < -0.4 is 5.32 Å². The smallest absolute Gasteiger partial charge is 0.162 e. The minimum absolute atomic E-state index is 0.327. The second-order valence-corrected chi connectivity index (χ2v) is 4.70. The fraction of sp³-hybridized carbons (Fsp3) is 0.333. The van der Waals surface area contributed by atoms with Gasteiger partial charge in [0, 0.05) is 12.2 Å². The van der Waals surface area contributed by atoms with Gasteiger partial charge in [0.2, 0.25) is 0 Å². The molecule has 0 radical (unpaired) electrons. The summed E-state index contributed by atoms with van der Waals surface area (Å²) in [4.78, 5) is 8.44. The molecule has 0 aliphatic carbocycles. The quantitative estimate of drug-likeness (QED) is 0.751. The standard InChI is InChI=1S/C12H15N7/c1-7(2)19-5-9(4-15-19)16-12-11-10(13-6-14-12)8(3)17-18-11/h4-7H,1-3H3,(H,17,18)(H,13,14,16). The van der Waals surface area contributed by atoms with Crippen molar-refractivity contribution in [2.75, 3.05) is 5.32 Å². The molecule has 0 aliphatic heterocycles. The molecule has 0 aliphatic rings. The average Bonchev–Trinajstić information content (AvgIpc) is 2.98. The van der Waals surface area contributed by atoms with Crippen LogP contribution in [0.2, 0.25) is 0 Å². The molecule has 0 saturated heterocycles. The summed E-state index contributed by atoms with van der Waals surface area (Å²) >= 11 is 0. The van der Waals surface area contributed by atoms with Crippen LogP contribution in [-0.4, -0.2) is 29.9 Å². The van der Waals surface area contributed by atoms with Gasteiger partial charge in [0.1, 0.15) is 11.8 Å². The van der Waals surface area contributed by atoms with Gasteiger partial charge in [0.05, 0.1) is 17.6 Å². The van der Waals surface area contributed by atoms with Gasteiger partial charge in [-0.1, -0.05) is 0 Å². The molecule has 2 N–H and O–H groups in total. The zero-order valence-electron chi connectivity index (χ0n) is 11.0. The lowest BCUT2D eigenvalue weighted by atomic mass is 10.3. The Hall–Kier alpha value is -2.44. The Balaban J connectivity index is 1.96. The van der Waals surface area contributed by atoms with Crippen molar-refractivity contribution < 1.29 is 0 Å². The van der Waals surface area contributed by atoms with Crippen LogP contribution in [0.5, 0.6) is 0 Å². The predicted molar refractivity (Wildman–Crippen MR) is 72.3 cm³/mol. The first-order chi connectivity index (χ1) is 9.15. The molecular formula is C12H15N7. The summed E-state index contributed by atoms with van der Waals surface area (Å²) in [5.41, 5.74) is 3.37. The van der Waals surface area contributed by atoms with Gasteiger partial charge in [-0.05, 0) is 20.8 Å². The molecular weight excluding hydrogens is 242 g/mol. The van der Waals surface area contributed by atoms with Crippen molar-refractivity contribution >= 4 is 22.5 Å². The summed E-state index contributed by atoms with van der Waals surface area (Å²) in [6.07, 6.45) is 5.24. The third-order valence-corrected chi connectivity index (χ3v) is 2.91. The number of hydrogen-bond acceptors (Lipinski definition) is 5. The molecule has 98 valence electrons. The highest BCUT2D eigenvalue weighted by Gasteiger charge is 2.10. The van der Waals surface area contributed by atoms with Crippen LogP contribution >= 0.6 is 0 Å². The predicted octanol–water partition coefficient (Wildman–Crippen LogP) is 2.18. The van der Waals surface area contributed by atoms with E-state index in [2.05, 4.69) is 44.4 Å². The highest BCUT2D eigenvalue weighted by Crippen LogP contribution is 2.22. The van der Waals surface area contributed by atoms with Gasteiger partial charge in [-0.3, -0.25) is 9.78 Å². The zero-order valence-corrected chi connectivity index (χ0v) is 11.0. The van der Waals surface area contributed by atoms with Gasteiger partial charge >= 0.3 is 0 Å². The van der Waals surface area contributed by atoms with E-state index in [0.717, 1.165) is 22.4 Å². The lowest BCUT2D eigenvalue weighted by molar-refractivity contribution is 0.532. The van der Waals surface area contributed by atoms with E-state index >= 15 is 0 Å². The normalized spacial score (nSPS) is 11.4. The van der Waals surface area contributed by atoms with Crippen LogP contribution in [0, 0.1) is 6.92 Å². The first-order valence-corrected chi connectivity index (χ1v) is 6.12. The highest BCUT2D eigenvalue weighted by atomic mass is 15.3. The second kappa shape index (κ2) is 4.34. The number of rotatable bonds is 3. The third-order valence-electron chi connectivity index (χ3n) is 2.91. The number of nitrogens with zero attached hydrogens (tertiary/aromatic N) is 5. The maximum atomic E-state index is 4.28. The Kier molecular flexibility index (Phi) is 2.66. The van der Waals surface area contributed by atoms with Crippen LogP contribution in [0.25, 0.3) is 11.0 Å². The van der Waals surface area contributed by atoms with E-state index in [9.17, 15) is 0 Å². The van der Waals surface area contributed by atoms with Crippen molar-refractivity contribution in [3.8, 4) is 0 Å². The molecule has 0 aromatic carbocycles. The summed E-state index contributed by atoms with van der Waals surface area (Å²) in [5.74, 6) is 0.678. The molecule has 3 aromatic rings. The summed E-state index contributed by atoms with van der Waals surface area (Å²) in [5, 5.41) is 14.6. The minimum Gasteiger partial charge on any atom is -0.336 e. The summed E-state index contributed by atoms with van der Waals surface area (Å²) in [7, 11) is 0. The van der Waals surface area contributed by atoms with Crippen LogP contribution in [0.4, 0.5) is 11.5 Å². The van der Waals surface area contributed by atoms with Crippen LogP contribution in [0.3, 0.4) is 0 Å².